The molecule has 3 aliphatic rings. The molecule has 3 atom stereocenters. The van der Waals surface area contributed by atoms with Crippen LogP contribution in [-0.4, -0.2) is 53.3 Å². The number of primary amides is 1. The van der Waals surface area contributed by atoms with E-state index in [0.717, 1.165) is 0 Å². The molecule has 1 aromatic rings. The predicted octanol–water partition coefficient (Wildman–Crippen LogP) is 0.240. The number of rotatable bonds is 3. The minimum Gasteiger partial charge on any atom is -0.508 e. The van der Waals surface area contributed by atoms with Gasteiger partial charge in [0.1, 0.15) is 17.1 Å². The summed E-state index contributed by atoms with van der Waals surface area (Å²) in [5, 5.41) is 65.5. The van der Waals surface area contributed by atoms with Gasteiger partial charge in [0, 0.05) is 23.5 Å². The Morgan fingerprint density at radius 2 is 1.70 bits per heavy atom. The lowest BCUT2D eigenvalue weighted by Gasteiger charge is -2.45. The first-order valence-corrected chi connectivity index (χ1v) is 9.47. The van der Waals surface area contributed by atoms with Gasteiger partial charge in [-0.2, -0.15) is 0 Å². The standard InChI is InChI=1S/C19H15N3O11/c20-18(28)13-10(23)3-6-1-5-2-7-8(21(30)31)4-9(22(32)33)14(24)12(7)15(25)11(5)16(26)19(6,29)17(13)27/h4-6,24-25,27,29H,1-3H2,(H2,20,28)/t5?,6?,19-/m0/s1. The Morgan fingerprint density at radius 3 is 2.24 bits per heavy atom. The number of fused-ring (bicyclic) bond motifs is 3. The topological polar surface area (TPSA) is 244 Å². The minimum atomic E-state index is -2.81. The third-order valence-electron chi connectivity index (χ3n) is 6.41. The van der Waals surface area contributed by atoms with Gasteiger partial charge in [0.15, 0.2) is 11.4 Å². The Labute approximate surface area is 182 Å². The van der Waals surface area contributed by atoms with E-state index < -0.39 is 96.5 Å². The first-order valence-electron chi connectivity index (χ1n) is 9.47. The van der Waals surface area contributed by atoms with Crippen molar-refractivity contribution in [2.24, 2.45) is 17.6 Å². The molecule has 1 amide bonds. The van der Waals surface area contributed by atoms with E-state index in [1.165, 1.54) is 0 Å². The number of phenols is 1. The molecule has 0 heterocycles. The van der Waals surface area contributed by atoms with Crippen molar-refractivity contribution >= 4 is 34.6 Å². The van der Waals surface area contributed by atoms with Crippen LogP contribution >= 0.6 is 0 Å². The molecule has 14 nitrogen and oxygen atoms in total. The summed E-state index contributed by atoms with van der Waals surface area (Å²) >= 11 is 0. The normalized spacial score (nSPS) is 26.5. The van der Waals surface area contributed by atoms with E-state index >= 15 is 0 Å². The highest BCUT2D eigenvalue weighted by atomic mass is 16.6. The van der Waals surface area contributed by atoms with Gasteiger partial charge in [-0.1, -0.05) is 0 Å². The molecule has 1 aromatic carbocycles. The van der Waals surface area contributed by atoms with Gasteiger partial charge in [0.2, 0.25) is 11.5 Å². The average Bonchev–Trinajstić information content (AvgIpc) is 2.70. The minimum absolute atomic E-state index is 0.224. The molecule has 0 bridgehead atoms. The Hall–Kier alpha value is -4.33. The molecule has 0 spiro atoms. The maximum atomic E-state index is 13.3. The number of phenolic OH excluding ortho intramolecular Hbond substituents is 1. The summed E-state index contributed by atoms with van der Waals surface area (Å²) in [5.41, 5.74) is -2.10. The number of aromatic hydroxyl groups is 1. The smallest absolute Gasteiger partial charge is 0.318 e. The molecule has 1 saturated carbocycles. The van der Waals surface area contributed by atoms with Gasteiger partial charge in [0.25, 0.3) is 11.6 Å². The summed E-state index contributed by atoms with van der Waals surface area (Å²) in [5.74, 6) is -9.29. The van der Waals surface area contributed by atoms with Gasteiger partial charge in [-0.15, -0.1) is 0 Å². The fourth-order valence-corrected chi connectivity index (χ4v) is 4.96. The summed E-state index contributed by atoms with van der Waals surface area (Å²) < 4.78 is 0. The lowest BCUT2D eigenvalue weighted by atomic mass is 9.59. The van der Waals surface area contributed by atoms with Crippen molar-refractivity contribution in [2.45, 2.75) is 24.9 Å². The number of nitrogens with zero attached hydrogens (tertiary/aromatic N) is 2. The van der Waals surface area contributed by atoms with Gasteiger partial charge < -0.3 is 26.2 Å². The SMILES string of the molecule is NC(=O)C1=C(O)[C@@]2(O)C(=O)C3=C(O)c4c(O)c([N+](=O)[O-])cc([N+](=O)[O-])c4CC3CC2CC1=O. The van der Waals surface area contributed by atoms with Crippen LogP contribution in [0.1, 0.15) is 24.0 Å². The number of amides is 1. The molecule has 0 saturated heterocycles. The number of nitro groups is 2. The van der Waals surface area contributed by atoms with Crippen LogP contribution in [0.15, 0.2) is 23.0 Å². The number of aliphatic hydroxyl groups is 3. The van der Waals surface area contributed by atoms with Crippen LogP contribution in [0.25, 0.3) is 5.76 Å². The first-order chi connectivity index (χ1) is 15.3. The number of hydrogen-bond acceptors (Lipinski definition) is 11. The molecule has 0 aromatic heterocycles. The molecule has 14 heteroatoms. The molecule has 33 heavy (non-hydrogen) atoms. The number of aliphatic hydroxyl groups excluding tert-OH is 2. The molecule has 0 aliphatic heterocycles. The number of hydrogen-bond donors (Lipinski definition) is 5. The first kappa shape index (κ1) is 21.9. The van der Waals surface area contributed by atoms with Crippen LogP contribution in [-0.2, 0) is 20.8 Å². The highest BCUT2D eigenvalue weighted by Gasteiger charge is 2.60. The van der Waals surface area contributed by atoms with Crippen molar-refractivity contribution in [3.8, 4) is 5.75 Å². The summed E-state index contributed by atoms with van der Waals surface area (Å²) in [4.78, 5) is 57.9. The molecule has 0 radical (unpaired) electrons. The molecule has 6 N–H and O–H groups in total. The van der Waals surface area contributed by atoms with Gasteiger partial charge in [0.05, 0.1) is 21.5 Å². The van der Waals surface area contributed by atoms with Gasteiger partial charge in [-0.3, -0.25) is 34.6 Å². The number of nitro benzene ring substituents is 2. The Kier molecular flexibility index (Phi) is 4.53. The van der Waals surface area contributed by atoms with E-state index in [0.29, 0.717) is 6.07 Å². The van der Waals surface area contributed by atoms with Crippen LogP contribution in [0, 0.1) is 32.1 Å². The monoisotopic (exact) mass is 461 g/mol. The van der Waals surface area contributed by atoms with Gasteiger partial charge >= 0.3 is 5.69 Å². The van der Waals surface area contributed by atoms with E-state index in [1.54, 1.807) is 0 Å². The zero-order valence-corrected chi connectivity index (χ0v) is 16.5. The number of benzene rings is 1. The summed E-state index contributed by atoms with van der Waals surface area (Å²) in [6.45, 7) is 0. The quantitative estimate of drug-likeness (QED) is 0.232. The second kappa shape index (κ2) is 6.83. The van der Waals surface area contributed by atoms with E-state index in [1.807, 2.05) is 0 Å². The summed E-state index contributed by atoms with van der Waals surface area (Å²) in [7, 11) is 0. The Morgan fingerprint density at radius 1 is 1.09 bits per heavy atom. The van der Waals surface area contributed by atoms with E-state index in [2.05, 4.69) is 0 Å². The van der Waals surface area contributed by atoms with Crippen molar-refractivity contribution in [3.05, 3.63) is 54.3 Å². The third kappa shape index (κ3) is 2.73. The van der Waals surface area contributed by atoms with E-state index in [-0.39, 0.29) is 18.4 Å². The molecule has 3 aliphatic carbocycles. The zero-order chi connectivity index (χ0) is 24.6. The van der Waals surface area contributed by atoms with Gasteiger partial charge in [-0.05, 0) is 18.8 Å². The van der Waals surface area contributed by atoms with Gasteiger partial charge in [-0.25, -0.2) is 0 Å². The van der Waals surface area contributed by atoms with Crippen LogP contribution in [0.4, 0.5) is 11.4 Å². The maximum Gasteiger partial charge on any atom is 0.318 e. The fraction of sp³-hybridized carbons (Fsp3) is 0.316. The fourth-order valence-electron chi connectivity index (χ4n) is 4.96. The van der Waals surface area contributed by atoms with Crippen LogP contribution < -0.4 is 5.73 Å². The Balaban J connectivity index is 2.00. The van der Waals surface area contributed by atoms with Crippen molar-refractivity contribution in [2.75, 3.05) is 0 Å². The number of carbonyl (C=O) groups excluding carboxylic acids is 3. The number of ketones is 2. The number of carbonyl (C=O) groups is 3. The van der Waals surface area contributed by atoms with E-state index in [9.17, 15) is 55.0 Å². The molecule has 4 rings (SSSR count). The summed E-state index contributed by atoms with van der Waals surface area (Å²) in [6.07, 6.45) is -1.11. The largest absolute Gasteiger partial charge is 0.508 e. The molecule has 172 valence electrons. The number of nitrogens with two attached hydrogens (primary N) is 1. The lowest BCUT2D eigenvalue weighted by molar-refractivity contribution is -0.395. The zero-order valence-electron chi connectivity index (χ0n) is 16.5. The van der Waals surface area contributed by atoms with Crippen LogP contribution in [0.5, 0.6) is 5.75 Å². The third-order valence-corrected chi connectivity index (χ3v) is 6.41. The van der Waals surface area contributed by atoms with Crippen LogP contribution in [0.3, 0.4) is 0 Å². The van der Waals surface area contributed by atoms with Crippen LogP contribution in [0.2, 0.25) is 0 Å². The average molecular weight is 461 g/mol. The Bertz CT molecular complexity index is 1280. The number of Topliss-reactive ketones (excluding diaryl/α,β-unsaturated/α-hetero) is 2. The second-order valence-electron chi connectivity index (χ2n) is 8.04. The molecule has 2 unspecified atom stereocenters. The highest BCUT2D eigenvalue weighted by molar-refractivity contribution is 6.22. The lowest BCUT2D eigenvalue weighted by Crippen LogP contribution is -2.58. The van der Waals surface area contributed by atoms with Crippen molar-refractivity contribution in [3.63, 3.8) is 0 Å². The predicted molar refractivity (Wildman–Crippen MR) is 105 cm³/mol. The highest BCUT2D eigenvalue weighted by Crippen LogP contribution is 2.54. The van der Waals surface area contributed by atoms with E-state index in [4.69, 9.17) is 5.73 Å². The second-order valence-corrected chi connectivity index (χ2v) is 8.04. The van der Waals surface area contributed by atoms with Crippen molar-refractivity contribution in [1.82, 2.24) is 0 Å². The molecular weight excluding hydrogens is 446 g/mol. The van der Waals surface area contributed by atoms with Crippen molar-refractivity contribution in [1.29, 1.82) is 0 Å². The summed E-state index contributed by atoms with van der Waals surface area (Å²) in [6, 6.07) is 0.533. The maximum absolute atomic E-state index is 13.3. The van der Waals surface area contributed by atoms with Crippen molar-refractivity contribution < 1.29 is 44.7 Å². The molecule has 1 fully saturated rings. The molecular formula is C19H15N3O11.